The van der Waals surface area contributed by atoms with Gasteiger partial charge in [0.2, 0.25) is 0 Å². The van der Waals surface area contributed by atoms with Crippen molar-refractivity contribution in [2.24, 2.45) is 5.92 Å². The molecule has 0 aliphatic heterocycles. The molecule has 3 rings (SSSR count). The Kier molecular flexibility index (Phi) is 14.0. The molecule has 1 aliphatic rings. The first-order chi connectivity index (χ1) is 17.8. The van der Waals surface area contributed by atoms with Crippen molar-refractivity contribution in [1.82, 2.24) is 9.97 Å². The largest absolute Gasteiger partial charge is 0.493 e. The Balaban J connectivity index is 1.25. The van der Waals surface area contributed by atoms with E-state index in [1.165, 1.54) is 120 Å². The second-order valence-corrected chi connectivity index (χ2v) is 11.2. The van der Waals surface area contributed by atoms with E-state index in [0.717, 1.165) is 24.6 Å². The second kappa shape index (κ2) is 17.5. The molecule has 1 aromatic heterocycles. The molecule has 0 radical (unpaired) electrons. The summed E-state index contributed by atoms with van der Waals surface area (Å²) in [5.74, 6) is 3.24. The van der Waals surface area contributed by atoms with E-state index in [1.54, 1.807) is 0 Å². The molecule has 36 heavy (non-hydrogen) atoms. The van der Waals surface area contributed by atoms with E-state index >= 15 is 0 Å². The first-order valence-electron chi connectivity index (χ1n) is 15.3. The molecule has 2 aromatic rings. The smallest absolute Gasteiger partial charge is 0.131 e. The van der Waals surface area contributed by atoms with Gasteiger partial charge in [-0.3, -0.25) is 0 Å². The Labute approximate surface area is 221 Å². The maximum atomic E-state index is 6.12. The topological polar surface area (TPSA) is 35.0 Å². The van der Waals surface area contributed by atoms with Gasteiger partial charge in [-0.2, -0.15) is 0 Å². The number of aromatic nitrogens is 2. The van der Waals surface area contributed by atoms with Gasteiger partial charge in [0, 0.05) is 18.3 Å². The van der Waals surface area contributed by atoms with Crippen LogP contribution in [0.1, 0.15) is 139 Å². The lowest BCUT2D eigenvalue weighted by atomic mass is 9.82. The zero-order chi connectivity index (χ0) is 25.3. The Morgan fingerprint density at radius 1 is 0.639 bits per heavy atom. The van der Waals surface area contributed by atoms with Crippen molar-refractivity contribution in [3.63, 3.8) is 0 Å². The normalized spacial score (nSPS) is 17.8. The standard InChI is InChI=1S/C33H52N2O/c1-3-5-7-8-9-10-11-12-13-14-16-30-25-34-33(35-26-30)31-21-17-29(18-22-31)27-36-32-23-19-28(20-24-32)15-6-4-2/h19-20,23-26,29,31H,3-18,21-22,27H2,1-2H3. The van der Waals surface area contributed by atoms with Gasteiger partial charge in [-0.15, -0.1) is 0 Å². The average molecular weight is 493 g/mol. The molecule has 3 nitrogen and oxygen atoms in total. The highest BCUT2D eigenvalue weighted by Crippen LogP contribution is 2.34. The van der Waals surface area contributed by atoms with Crippen molar-refractivity contribution in [3.05, 3.63) is 53.6 Å². The summed E-state index contributed by atoms with van der Waals surface area (Å²) in [5, 5.41) is 0. The van der Waals surface area contributed by atoms with Crippen LogP contribution in [0, 0.1) is 5.92 Å². The molecule has 0 bridgehead atoms. The average Bonchev–Trinajstić information content (AvgIpc) is 2.93. The number of nitrogens with zero attached hydrogens (tertiary/aromatic N) is 2. The summed E-state index contributed by atoms with van der Waals surface area (Å²) in [6.45, 7) is 5.36. The van der Waals surface area contributed by atoms with Crippen LogP contribution in [0.4, 0.5) is 0 Å². The van der Waals surface area contributed by atoms with Crippen molar-refractivity contribution in [3.8, 4) is 5.75 Å². The number of hydrogen-bond donors (Lipinski definition) is 0. The Hall–Kier alpha value is -1.90. The summed E-state index contributed by atoms with van der Waals surface area (Å²) in [5.41, 5.74) is 2.72. The molecule has 0 unspecified atom stereocenters. The lowest BCUT2D eigenvalue weighted by molar-refractivity contribution is 0.198. The Morgan fingerprint density at radius 3 is 1.81 bits per heavy atom. The lowest BCUT2D eigenvalue weighted by Crippen LogP contribution is -2.20. The van der Waals surface area contributed by atoms with Gasteiger partial charge in [-0.1, -0.05) is 90.2 Å². The van der Waals surface area contributed by atoms with Crippen LogP contribution < -0.4 is 4.74 Å². The molecular formula is C33H52N2O. The molecule has 1 aliphatic carbocycles. The van der Waals surface area contributed by atoms with Crippen LogP contribution in [0.25, 0.3) is 0 Å². The van der Waals surface area contributed by atoms with Crippen LogP contribution in [-0.4, -0.2) is 16.6 Å². The molecular weight excluding hydrogens is 440 g/mol. The summed E-state index contributed by atoms with van der Waals surface area (Å²) >= 11 is 0. The van der Waals surface area contributed by atoms with Crippen molar-refractivity contribution in [1.29, 1.82) is 0 Å². The van der Waals surface area contributed by atoms with E-state index in [2.05, 4.69) is 50.5 Å². The third-order valence-electron chi connectivity index (χ3n) is 7.98. The molecule has 0 amide bonds. The van der Waals surface area contributed by atoms with E-state index in [9.17, 15) is 0 Å². The third-order valence-corrected chi connectivity index (χ3v) is 7.98. The van der Waals surface area contributed by atoms with Crippen molar-refractivity contribution in [2.45, 2.75) is 135 Å². The fraction of sp³-hybridized carbons (Fsp3) is 0.697. The molecule has 1 saturated carbocycles. The molecule has 0 atom stereocenters. The number of aryl methyl sites for hydroxylation is 2. The zero-order valence-corrected chi connectivity index (χ0v) is 23.4. The second-order valence-electron chi connectivity index (χ2n) is 11.2. The minimum Gasteiger partial charge on any atom is -0.493 e. The van der Waals surface area contributed by atoms with Gasteiger partial charge < -0.3 is 4.74 Å². The predicted octanol–water partition coefficient (Wildman–Crippen LogP) is 9.64. The minimum atomic E-state index is 0.519. The molecule has 0 saturated heterocycles. The van der Waals surface area contributed by atoms with Crippen molar-refractivity contribution in [2.75, 3.05) is 6.61 Å². The zero-order valence-electron chi connectivity index (χ0n) is 23.4. The summed E-state index contributed by atoms with van der Waals surface area (Å²) in [7, 11) is 0. The van der Waals surface area contributed by atoms with Crippen LogP contribution in [0.2, 0.25) is 0 Å². The lowest BCUT2D eigenvalue weighted by Gasteiger charge is -2.27. The molecule has 200 valence electrons. The van der Waals surface area contributed by atoms with Crippen LogP contribution in [0.5, 0.6) is 5.75 Å². The molecule has 0 N–H and O–H groups in total. The first kappa shape index (κ1) is 28.7. The molecule has 1 heterocycles. The van der Waals surface area contributed by atoms with Crippen LogP contribution in [-0.2, 0) is 12.8 Å². The summed E-state index contributed by atoms with van der Waals surface area (Å²) < 4.78 is 6.12. The van der Waals surface area contributed by atoms with Gasteiger partial charge in [0.25, 0.3) is 0 Å². The van der Waals surface area contributed by atoms with Gasteiger partial charge >= 0.3 is 0 Å². The molecule has 0 spiro atoms. The summed E-state index contributed by atoms with van der Waals surface area (Å²) in [6.07, 6.45) is 27.6. The van der Waals surface area contributed by atoms with E-state index in [0.29, 0.717) is 11.8 Å². The number of benzene rings is 1. The maximum absolute atomic E-state index is 6.12. The number of hydrogen-bond acceptors (Lipinski definition) is 3. The van der Waals surface area contributed by atoms with E-state index in [4.69, 9.17) is 14.7 Å². The third kappa shape index (κ3) is 11.0. The SMILES string of the molecule is CCCCCCCCCCCCc1cnc(C2CCC(COc3ccc(CCCC)cc3)CC2)nc1. The van der Waals surface area contributed by atoms with Gasteiger partial charge in [-0.25, -0.2) is 9.97 Å². The predicted molar refractivity (Wildman–Crippen MR) is 153 cm³/mol. The number of rotatable bonds is 18. The van der Waals surface area contributed by atoms with Crippen LogP contribution in [0.3, 0.4) is 0 Å². The highest BCUT2D eigenvalue weighted by molar-refractivity contribution is 5.27. The summed E-state index contributed by atoms with van der Waals surface area (Å²) in [4.78, 5) is 9.54. The van der Waals surface area contributed by atoms with E-state index < -0.39 is 0 Å². The monoisotopic (exact) mass is 492 g/mol. The van der Waals surface area contributed by atoms with Gasteiger partial charge in [0.05, 0.1) is 6.61 Å². The molecule has 3 heteroatoms. The van der Waals surface area contributed by atoms with E-state index in [-0.39, 0.29) is 0 Å². The van der Waals surface area contributed by atoms with Gasteiger partial charge in [0.1, 0.15) is 11.6 Å². The number of ether oxygens (including phenoxy) is 1. The van der Waals surface area contributed by atoms with Crippen molar-refractivity contribution >= 4 is 0 Å². The number of unbranched alkanes of at least 4 members (excludes halogenated alkanes) is 10. The maximum Gasteiger partial charge on any atom is 0.131 e. The summed E-state index contributed by atoms with van der Waals surface area (Å²) in [6, 6.07) is 8.72. The fourth-order valence-corrected chi connectivity index (χ4v) is 5.46. The Bertz CT molecular complexity index is 793. The van der Waals surface area contributed by atoms with Gasteiger partial charge in [0.15, 0.2) is 0 Å². The highest BCUT2D eigenvalue weighted by Gasteiger charge is 2.24. The quantitative estimate of drug-likeness (QED) is 0.194. The highest BCUT2D eigenvalue weighted by atomic mass is 16.5. The first-order valence-corrected chi connectivity index (χ1v) is 15.3. The van der Waals surface area contributed by atoms with E-state index in [1.807, 2.05) is 0 Å². The molecule has 1 fully saturated rings. The molecule has 1 aromatic carbocycles. The van der Waals surface area contributed by atoms with Gasteiger partial charge in [-0.05, 0) is 80.5 Å². The van der Waals surface area contributed by atoms with Crippen molar-refractivity contribution < 1.29 is 4.74 Å². The van der Waals surface area contributed by atoms with Crippen LogP contribution in [0.15, 0.2) is 36.7 Å². The fourth-order valence-electron chi connectivity index (χ4n) is 5.46. The Morgan fingerprint density at radius 2 is 1.19 bits per heavy atom. The van der Waals surface area contributed by atoms with Crippen LogP contribution >= 0.6 is 0 Å². The minimum absolute atomic E-state index is 0.519.